The molecule has 0 atom stereocenters. The van der Waals surface area contributed by atoms with Crippen LogP contribution < -0.4 is 4.74 Å². The lowest BCUT2D eigenvalue weighted by atomic mass is 9.86. The Labute approximate surface area is 120 Å². The van der Waals surface area contributed by atoms with E-state index in [9.17, 15) is 18.0 Å². The second-order valence-electron chi connectivity index (χ2n) is 5.63. The van der Waals surface area contributed by atoms with Gasteiger partial charge in [0, 0.05) is 0 Å². The van der Waals surface area contributed by atoms with Crippen molar-refractivity contribution in [1.82, 2.24) is 0 Å². The molecule has 0 bridgehead atoms. The van der Waals surface area contributed by atoms with Crippen LogP contribution in [0.15, 0.2) is 18.2 Å². The Morgan fingerprint density at radius 2 is 1.86 bits per heavy atom. The maximum Gasteiger partial charge on any atom is 0.419 e. The molecule has 0 unspecified atom stereocenters. The van der Waals surface area contributed by atoms with Gasteiger partial charge in [0.2, 0.25) is 0 Å². The van der Waals surface area contributed by atoms with Crippen molar-refractivity contribution < 1.29 is 27.8 Å². The summed E-state index contributed by atoms with van der Waals surface area (Å²) in [5, 5.41) is 8.94. The van der Waals surface area contributed by atoms with Crippen LogP contribution in [-0.4, -0.2) is 16.7 Å². The first-order chi connectivity index (χ1) is 9.71. The highest BCUT2D eigenvalue weighted by Crippen LogP contribution is 2.40. The average molecular weight is 302 g/mol. The number of alkyl halides is 3. The van der Waals surface area contributed by atoms with Crippen molar-refractivity contribution in [2.24, 2.45) is 0 Å². The average Bonchev–Trinajstić information content (AvgIpc) is 2.37. The normalized spacial score (nSPS) is 18.3. The summed E-state index contributed by atoms with van der Waals surface area (Å²) in [6.45, 7) is 1.78. The molecule has 1 aromatic rings. The van der Waals surface area contributed by atoms with Crippen LogP contribution in [0.5, 0.6) is 5.75 Å². The summed E-state index contributed by atoms with van der Waals surface area (Å²) in [4.78, 5) is 10.9. The first-order valence-corrected chi connectivity index (χ1v) is 6.85. The third kappa shape index (κ3) is 3.68. The van der Waals surface area contributed by atoms with Crippen LogP contribution in [-0.2, 0) is 6.18 Å². The van der Waals surface area contributed by atoms with E-state index in [0.29, 0.717) is 12.8 Å². The number of hydrogen-bond donors (Lipinski definition) is 1. The molecular formula is C15H17F3O3. The summed E-state index contributed by atoms with van der Waals surface area (Å²) in [6, 6.07) is 2.68. The number of benzene rings is 1. The lowest BCUT2D eigenvalue weighted by molar-refractivity contribution is -0.140. The summed E-state index contributed by atoms with van der Waals surface area (Å²) in [5.41, 5.74) is -1.81. The van der Waals surface area contributed by atoms with Crippen molar-refractivity contribution in [1.29, 1.82) is 0 Å². The Kier molecular flexibility index (Phi) is 4.16. The van der Waals surface area contributed by atoms with E-state index in [1.807, 2.05) is 0 Å². The number of carboxylic acid groups (broad SMARTS) is 1. The molecule has 0 heterocycles. The fourth-order valence-electron chi connectivity index (χ4n) is 2.64. The number of rotatable bonds is 3. The minimum atomic E-state index is -4.57. The van der Waals surface area contributed by atoms with Gasteiger partial charge >= 0.3 is 12.1 Å². The molecule has 2 rings (SSSR count). The minimum absolute atomic E-state index is 0.211. The molecule has 0 amide bonds. The molecule has 0 radical (unpaired) electrons. The van der Waals surface area contributed by atoms with E-state index in [0.717, 1.165) is 37.5 Å². The van der Waals surface area contributed by atoms with Crippen molar-refractivity contribution in [3.05, 3.63) is 29.3 Å². The molecule has 1 saturated carbocycles. The topological polar surface area (TPSA) is 46.5 Å². The molecule has 1 aromatic carbocycles. The molecule has 0 aromatic heterocycles. The number of halogens is 3. The van der Waals surface area contributed by atoms with Crippen molar-refractivity contribution in [2.45, 2.75) is 50.8 Å². The standard InChI is InChI=1S/C15H17F3O3/c1-14(7-3-2-4-8-14)21-12-9-10(13(19)20)5-6-11(12)15(16,17)18/h5-6,9H,2-4,7-8H2,1H3,(H,19,20). The van der Waals surface area contributed by atoms with Crippen LogP contribution in [0.3, 0.4) is 0 Å². The molecular weight excluding hydrogens is 285 g/mol. The Morgan fingerprint density at radius 3 is 2.38 bits per heavy atom. The van der Waals surface area contributed by atoms with Crippen molar-refractivity contribution >= 4 is 5.97 Å². The van der Waals surface area contributed by atoms with E-state index in [4.69, 9.17) is 9.84 Å². The molecule has 0 aliphatic heterocycles. The van der Waals surface area contributed by atoms with E-state index in [1.165, 1.54) is 0 Å². The van der Waals surface area contributed by atoms with Gasteiger partial charge in [-0.2, -0.15) is 13.2 Å². The minimum Gasteiger partial charge on any atom is -0.487 e. The summed E-state index contributed by atoms with van der Waals surface area (Å²) in [7, 11) is 0. The summed E-state index contributed by atoms with van der Waals surface area (Å²) in [5.74, 6) is -1.67. The number of carboxylic acids is 1. The van der Waals surface area contributed by atoms with E-state index < -0.39 is 29.1 Å². The monoisotopic (exact) mass is 302 g/mol. The molecule has 3 nitrogen and oxygen atoms in total. The summed E-state index contributed by atoms with van der Waals surface area (Å²) >= 11 is 0. The molecule has 1 aliphatic rings. The highest BCUT2D eigenvalue weighted by molar-refractivity contribution is 5.88. The van der Waals surface area contributed by atoms with Gasteiger partial charge in [-0.25, -0.2) is 4.79 Å². The summed E-state index contributed by atoms with van der Waals surface area (Å²) in [6.07, 6.45) is -0.395. The number of carbonyl (C=O) groups is 1. The Bertz CT molecular complexity index is 531. The lowest BCUT2D eigenvalue weighted by Gasteiger charge is -2.35. The number of hydrogen-bond acceptors (Lipinski definition) is 2. The van der Waals surface area contributed by atoms with Gasteiger partial charge in [0.05, 0.1) is 11.1 Å². The van der Waals surface area contributed by atoms with Crippen LogP contribution in [0, 0.1) is 0 Å². The molecule has 1 aliphatic carbocycles. The van der Waals surface area contributed by atoms with Crippen molar-refractivity contribution in [3.63, 3.8) is 0 Å². The molecule has 6 heteroatoms. The van der Waals surface area contributed by atoms with Gasteiger partial charge in [0.15, 0.2) is 0 Å². The van der Waals surface area contributed by atoms with Crippen molar-refractivity contribution in [2.75, 3.05) is 0 Å². The van der Waals surface area contributed by atoms with Crippen molar-refractivity contribution in [3.8, 4) is 5.75 Å². The van der Waals surface area contributed by atoms with E-state index in [1.54, 1.807) is 6.92 Å². The maximum absolute atomic E-state index is 13.0. The Balaban J connectivity index is 2.38. The van der Waals surface area contributed by atoms with E-state index >= 15 is 0 Å². The first kappa shape index (κ1) is 15.7. The lowest BCUT2D eigenvalue weighted by Crippen LogP contribution is -2.35. The molecule has 21 heavy (non-hydrogen) atoms. The SMILES string of the molecule is CC1(Oc2cc(C(=O)O)ccc2C(F)(F)F)CCCCC1. The van der Waals surface area contributed by atoms with Crippen LogP contribution in [0.25, 0.3) is 0 Å². The molecule has 0 spiro atoms. The van der Waals surface area contributed by atoms with Gasteiger partial charge in [0.25, 0.3) is 0 Å². The fraction of sp³-hybridized carbons (Fsp3) is 0.533. The zero-order valence-electron chi connectivity index (χ0n) is 11.7. The highest BCUT2D eigenvalue weighted by atomic mass is 19.4. The predicted molar refractivity (Wildman–Crippen MR) is 70.5 cm³/mol. The van der Waals surface area contributed by atoms with Gasteiger partial charge in [-0.15, -0.1) is 0 Å². The van der Waals surface area contributed by atoms with Crippen LogP contribution in [0.1, 0.15) is 54.9 Å². The zero-order chi connectivity index (χ0) is 15.7. The van der Waals surface area contributed by atoms with Gasteiger partial charge in [0.1, 0.15) is 11.4 Å². The van der Waals surface area contributed by atoms with E-state index in [2.05, 4.69) is 0 Å². The quantitative estimate of drug-likeness (QED) is 0.894. The third-order valence-corrected chi connectivity index (χ3v) is 3.80. The second-order valence-corrected chi connectivity index (χ2v) is 5.63. The molecule has 1 N–H and O–H groups in total. The molecule has 116 valence electrons. The number of ether oxygens (including phenoxy) is 1. The molecule has 1 fully saturated rings. The van der Waals surface area contributed by atoms with Gasteiger partial charge in [-0.1, -0.05) is 6.42 Å². The highest BCUT2D eigenvalue weighted by Gasteiger charge is 2.37. The predicted octanol–water partition coefficient (Wildman–Crippen LogP) is 4.51. The molecule has 0 saturated heterocycles. The van der Waals surface area contributed by atoms with Gasteiger partial charge < -0.3 is 9.84 Å². The van der Waals surface area contributed by atoms with E-state index in [-0.39, 0.29) is 5.56 Å². The second kappa shape index (κ2) is 5.58. The third-order valence-electron chi connectivity index (χ3n) is 3.80. The zero-order valence-corrected chi connectivity index (χ0v) is 11.7. The smallest absolute Gasteiger partial charge is 0.419 e. The van der Waals surface area contributed by atoms with Gasteiger partial charge in [-0.3, -0.25) is 0 Å². The van der Waals surface area contributed by atoms with Gasteiger partial charge in [-0.05, 0) is 50.8 Å². The van der Waals surface area contributed by atoms with Crippen LogP contribution in [0.4, 0.5) is 13.2 Å². The maximum atomic E-state index is 13.0. The van der Waals surface area contributed by atoms with Crippen LogP contribution in [0.2, 0.25) is 0 Å². The summed E-state index contributed by atoms with van der Waals surface area (Å²) < 4.78 is 44.7. The fourth-order valence-corrected chi connectivity index (χ4v) is 2.64. The Hall–Kier alpha value is -1.72. The Morgan fingerprint density at radius 1 is 1.24 bits per heavy atom. The first-order valence-electron chi connectivity index (χ1n) is 6.85. The largest absolute Gasteiger partial charge is 0.487 e. The number of aromatic carboxylic acids is 1. The van der Waals surface area contributed by atoms with Crippen LogP contribution >= 0.6 is 0 Å².